The van der Waals surface area contributed by atoms with E-state index in [9.17, 15) is 14.4 Å². The maximum atomic E-state index is 12.5. The van der Waals surface area contributed by atoms with Gasteiger partial charge in [0.05, 0.1) is 11.1 Å². The van der Waals surface area contributed by atoms with Crippen LogP contribution in [0.2, 0.25) is 5.02 Å². The normalized spacial score (nSPS) is 13.1. The van der Waals surface area contributed by atoms with Gasteiger partial charge in [0.15, 0.2) is 0 Å². The van der Waals surface area contributed by atoms with Gasteiger partial charge in [0.2, 0.25) is 0 Å². The molecule has 0 fully saturated rings. The van der Waals surface area contributed by atoms with Gasteiger partial charge in [-0.25, -0.2) is 4.79 Å². The molecule has 0 saturated heterocycles. The van der Waals surface area contributed by atoms with E-state index in [0.717, 1.165) is 5.56 Å². The first-order chi connectivity index (χ1) is 13.4. The van der Waals surface area contributed by atoms with Crippen LogP contribution in [0.15, 0.2) is 42.5 Å². The van der Waals surface area contributed by atoms with Crippen LogP contribution in [0, 0.1) is 5.92 Å². The first kappa shape index (κ1) is 19.9. The monoisotopic (exact) mass is 399 g/mol. The molecule has 28 heavy (non-hydrogen) atoms. The number of benzene rings is 2. The fourth-order valence-corrected chi connectivity index (χ4v) is 3.32. The summed E-state index contributed by atoms with van der Waals surface area (Å²) in [7, 11) is 0. The van der Waals surface area contributed by atoms with Gasteiger partial charge in [-0.3, -0.25) is 14.5 Å². The first-order valence-corrected chi connectivity index (χ1v) is 9.53. The second kappa shape index (κ2) is 8.44. The number of imide groups is 1. The minimum Gasteiger partial charge on any atom is -0.338 e. The van der Waals surface area contributed by atoms with Gasteiger partial charge >= 0.3 is 6.03 Å². The molecular formula is C21H22ClN3O3. The molecule has 0 aliphatic carbocycles. The number of halogens is 1. The van der Waals surface area contributed by atoms with E-state index >= 15 is 0 Å². The number of hydrogen-bond acceptors (Lipinski definition) is 3. The second-order valence-corrected chi connectivity index (χ2v) is 7.50. The topological polar surface area (TPSA) is 78.5 Å². The van der Waals surface area contributed by atoms with Gasteiger partial charge in [-0.1, -0.05) is 43.6 Å². The highest BCUT2D eigenvalue weighted by Gasteiger charge is 2.35. The van der Waals surface area contributed by atoms with Crippen LogP contribution in [0.25, 0.3) is 0 Å². The van der Waals surface area contributed by atoms with Crippen molar-refractivity contribution in [3.05, 3.63) is 64.2 Å². The van der Waals surface area contributed by atoms with Gasteiger partial charge in [0, 0.05) is 23.8 Å². The highest BCUT2D eigenvalue weighted by Crippen LogP contribution is 2.26. The number of anilines is 1. The van der Waals surface area contributed by atoms with Gasteiger partial charge in [-0.15, -0.1) is 0 Å². The van der Waals surface area contributed by atoms with Crippen LogP contribution in [-0.4, -0.2) is 35.8 Å². The molecule has 1 heterocycles. The van der Waals surface area contributed by atoms with Crippen LogP contribution in [0.4, 0.5) is 10.5 Å². The number of carbonyl (C=O) groups excluding carboxylic acids is 3. The number of urea groups is 1. The van der Waals surface area contributed by atoms with Crippen LogP contribution in [0.1, 0.15) is 40.1 Å². The number of rotatable bonds is 6. The lowest BCUT2D eigenvalue weighted by molar-refractivity contribution is 0.0636. The molecule has 7 heteroatoms. The Morgan fingerprint density at radius 1 is 1.07 bits per heavy atom. The summed E-state index contributed by atoms with van der Waals surface area (Å²) in [6.45, 7) is 4.69. The summed E-state index contributed by atoms with van der Waals surface area (Å²) < 4.78 is 0. The fourth-order valence-electron chi connectivity index (χ4n) is 3.09. The van der Waals surface area contributed by atoms with Crippen molar-refractivity contribution in [2.75, 3.05) is 18.4 Å². The van der Waals surface area contributed by atoms with E-state index in [2.05, 4.69) is 10.6 Å². The molecular weight excluding hydrogens is 378 g/mol. The standard InChI is InChI=1S/C21H22ClN3O3/c1-13(2)12-25-19(26)16-8-7-15(11-17(16)20(25)27)24-21(28)23-10-9-14-5-3-4-6-18(14)22/h3-8,11,13H,9-10,12H2,1-2H3,(H2,23,24,28). The van der Waals surface area contributed by atoms with E-state index in [1.165, 1.54) is 4.90 Å². The summed E-state index contributed by atoms with van der Waals surface area (Å²) in [5.74, 6) is -0.426. The van der Waals surface area contributed by atoms with Crippen molar-refractivity contribution >= 4 is 35.1 Å². The maximum Gasteiger partial charge on any atom is 0.319 e. The Kier molecular flexibility index (Phi) is 5.99. The van der Waals surface area contributed by atoms with Crippen molar-refractivity contribution in [2.24, 2.45) is 5.92 Å². The Hall–Kier alpha value is -2.86. The lowest BCUT2D eigenvalue weighted by Crippen LogP contribution is -2.33. The predicted octanol–water partition coefficient (Wildman–Crippen LogP) is 3.96. The van der Waals surface area contributed by atoms with E-state index in [4.69, 9.17) is 11.6 Å². The molecule has 146 valence electrons. The molecule has 0 atom stereocenters. The molecule has 4 amide bonds. The summed E-state index contributed by atoms with van der Waals surface area (Å²) in [5.41, 5.74) is 2.10. The summed E-state index contributed by atoms with van der Waals surface area (Å²) in [5, 5.41) is 6.12. The van der Waals surface area contributed by atoms with Crippen LogP contribution in [0.5, 0.6) is 0 Å². The van der Waals surface area contributed by atoms with Gasteiger partial charge in [0.25, 0.3) is 11.8 Å². The van der Waals surface area contributed by atoms with E-state index in [0.29, 0.717) is 41.3 Å². The third-order valence-corrected chi connectivity index (χ3v) is 4.78. The smallest absolute Gasteiger partial charge is 0.319 e. The number of fused-ring (bicyclic) bond motifs is 1. The van der Waals surface area contributed by atoms with Crippen molar-refractivity contribution in [2.45, 2.75) is 20.3 Å². The molecule has 0 unspecified atom stereocenters. The van der Waals surface area contributed by atoms with Gasteiger partial charge in [0.1, 0.15) is 0 Å². The van der Waals surface area contributed by atoms with E-state index < -0.39 is 0 Å². The lowest BCUT2D eigenvalue weighted by atomic mass is 10.1. The predicted molar refractivity (Wildman–Crippen MR) is 109 cm³/mol. The SMILES string of the molecule is CC(C)CN1C(=O)c2ccc(NC(=O)NCCc3ccccc3Cl)cc2C1=O. The van der Waals surface area contributed by atoms with Gasteiger partial charge in [-0.05, 0) is 42.2 Å². The Labute approximate surface area is 168 Å². The average molecular weight is 400 g/mol. The highest BCUT2D eigenvalue weighted by molar-refractivity contribution is 6.31. The summed E-state index contributed by atoms with van der Waals surface area (Å²) in [6.07, 6.45) is 0.606. The van der Waals surface area contributed by atoms with Crippen LogP contribution >= 0.6 is 11.6 Å². The number of amides is 4. The molecule has 1 aliphatic rings. The Bertz CT molecular complexity index is 927. The van der Waals surface area contributed by atoms with Gasteiger partial charge in [-0.2, -0.15) is 0 Å². The Morgan fingerprint density at radius 2 is 1.79 bits per heavy atom. The van der Waals surface area contributed by atoms with Crippen LogP contribution in [0.3, 0.4) is 0 Å². The molecule has 2 N–H and O–H groups in total. The quantitative estimate of drug-likeness (QED) is 0.722. The summed E-state index contributed by atoms with van der Waals surface area (Å²) in [6, 6.07) is 11.8. The molecule has 0 aromatic heterocycles. The molecule has 0 bridgehead atoms. The van der Waals surface area contributed by atoms with Gasteiger partial charge < -0.3 is 10.6 Å². The summed E-state index contributed by atoms with van der Waals surface area (Å²) >= 11 is 6.10. The van der Waals surface area contributed by atoms with E-state index in [1.54, 1.807) is 18.2 Å². The van der Waals surface area contributed by atoms with Crippen molar-refractivity contribution in [1.29, 1.82) is 0 Å². The van der Waals surface area contributed by atoms with E-state index in [1.807, 2.05) is 38.1 Å². The molecule has 1 aliphatic heterocycles. The lowest BCUT2D eigenvalue weighted by Gasteiger charge is -2.15. The van der Waals surface area contributed by atoms with Crippen LogP contribution in [-0.2, 0) is 6.42 Å². The largest absolute Gasteiger partial charge is 0.338 e. The zero-order chi connectivity index (χ0) is 20.3. The molecule has 3 rings (SSSR count). The first-order valence-electron chi connectivity index (χ1n) is 9.15. The van der Waals surface area contributed by atoms with Crippen molar-refractivity contribution < 1.29 is 14.4 Å². The maximum absolute atomic E-state index is 12.5. The third-order valence-electron chi connectivity index (χ3n) is 4.41. The number of nitrogens with one attached hydrogen (secondary N) is 2. The Balaban J connectivity index is 1.60. The highest BCUT2D eigenvalue weighted by atomic mass is 35.5. The molecule has 0 spiro atoms. The summed E-state index contributed by atoms with van der Waals surface area (Å²) in [4.78, 5) is 38.3. The van der Waals surface area contributed by atoms with Crippen molar-refractivity contribution in [1.82, 2.24) is 10.2 Å². The molecule has 0 radical (unpaired) electrons. The Morgan fingerprint density at radius 3 is 2.50 bits per heavy atom. The average Bonchev–Trinajstić information content (AvgIpc) is 2.87. The number of nitrogens with zero attached hydrogens (tertiary/aromatic N) is 1. The van der Waals surface area contributed by atoms with Crippen molar-refractivity contribution in [3.63, 3.8) is 0 Å². The molecule has 2 aromatic carbocycles. The zero-order valence-electron chi connectivity index (χ0n) is 15.8. The molecule has 6 nitrogen and oxygen atoms in total. The second-order valence-electron chi connectivity index (χ2n) is 7.10. The third kappa shape index (κ3) is 4.34. The van der Waals surface area contributed by atoms with Crippen LogP contribution < -0.4 is 10.6 Å². The van der Waals surface area contributed by atoms with E-state index in [-0.39, 0.29) is 23.8 Å². The minimum atomic E-state index is -0.386. The number of carbonyl (C=O) groups is 3. The zero-order valence-corrected chi connectivity index (χ0v) is 16.5. The molecule has 0 saturated carbocycles. The minimum absolute atomic E-state index is 0.184. The van der Waals surface area contributed by atoms with Crippen molar-refractivity contribution in [3.8, 4) is 0 Å². The number of hydrogen-bond donors (Lipinski definition) is 2. The fraction of sp³-hybridized carbons (Fsp3) is 0.286. The molecule has 2 aromatic rings.